The van der Waals surface area contributed by atoms with Crippen LogP contribution in [0.4, 0.5) is 0 Å². The Morgan fingerprint density at radius 3 is 2.21 bits per heavy atom. The topological polar surface area (TPSA) is 63.7 Å². The molecule has 1 aliphatic heterocycles. The van der Waals surface area contributed by atoms with E-state index in [4.69, 9.17) is 4.74 Å². The summed E-state index contributed by atoms with van der Waals surface area (Å²) in [6.45, 7) is 5.92. The zero-order valence-electron chi connectivity index (χ0n) is 11.8. The van der Waals surface area contributed by atoms with Crippen molar-refractivity contribution in [3.63, 3.8) is 0 Å². The molecule has 0 aromatic carbocycles. The Labute approximate surface area is 113 Å². The van der Waals surface area contributed by atoms with Crippen molar-refractivity contribution >= 4 is 17.8 Å². The first kappa shape index (κ1) is 15.4. The van der Waals surface area contributed by atoms with E-state index in [2.05, 4.69) is 0 Å². The van der Waals surface area contributed by atoms with Crippen LogP contribution in [0.1, 0.15) is 46.5 Å². The smallest absolute Gasteiger partial charge is 0.306 e. The van der Waals surface area contributed by atoms with Crippen LogP contribution in [0.3, 0.4) is 0 Å². The van der Waals surface area contributed by atoms with Crippen molar-refractivity contribution in [1.82, 2.24) is 4.90 Å². The lowest BCUT2D eigenvalue weighted by molar-refractivity contribution is -0.155. The summed E-state index contributed by atoms with van der Waals surface area (Å²) in [6.07, 6.45) is 5.14. The fourth-order valence-corrected chi connectivity index (χ4v) is 1.76. The first-order chi connectivity index (χ1) is 8.79. The number of carbonyl (C=O) groups excluding carboxylic acids is 3. The van der Waals surface area contributed by atoms with Gasteiger partial charge in [0.25, 0.3) is 11.8 Å². The number of esters is 1. The lowest BCUT2D eigenvalue weighted by Gasteiger charge is -2.19. The van der Waals surface area contributed by atoms with Crippen LogP contribution in [0.5, 0.6) is 0 Å². The fraction of sp³-hybridized carbons (Fsp3) is 0.643. The highest BCUT2D eigenvalue weighted by Gasteiger charge is 2.22. The summed E-state index contributed by atoms with van der Waals surface area (Å²) in [7, 11) is 0. The van der Waals surface area contributed by atoms with Crippen LogP contribution < -0.4 is 0 Å². The van der Waals surface area contributed by atoms with Crippen LogP contribution in [-0.4, -0.2) is 34.8 Å². The Morgan fingerprint density at radius 2 is 1.68 bits per heavy atom. The average molecular weight is 267 g/mol. The Balaban J connectivity index is 2.10. The monoisotopic (exact) mass is 267 g/mol. The normalized spacial score (nSPS) is 15.2. The third-order valence-corrected chi connectivity index (χ3v) is 2.58. The molecule has 2 amide bonds. The Hall–Kier alpha value is -1.65. The SMILES string of the molecule is CC(C)(C)OC(=O)CCCCCN1C(=O)C=CC1=O. The van der Waals surface area contributed by atoms with E-state index in [-0.39, 0.29) is 17.8 Å². The summed E-state index contributed by atoms with van der Waals surface area (Å²) >= 11 is 0. The van der Waals surface area contributed by atoms with Crippen molar-refractivity contribution in [3.05, 3.63) is 12.2 Å². The minimum atomic E-state index is -0.447. The molecule has 1 heterocycles. The number of amides is 2. The summed E-state index contributed by atoms with van der Waals surface area (Å²) in [5.41, 5.74) is -0.447. The maximum absolute atomic E-state index is 11.4. The number of nitrogens with zero attached hydrogens (tertiary/aromatic N) is 1. The predicted molar refractivity (Wildman–Crippen MR) is 70.2 cm³/mol. The highest BCUT2D eigenvalue weighted by molar-refractivity contribution is 6.12. The van der Waals surface area contributed by atoms with Gasteiger partial charge in [-0.1, -0.05) is 6.42 Å². The van der Waals surface area contributed by atoms with Crippen LogP contribution >= 0.6 is 0 Å². The van der Waals surface area contributed by atoms with E-state index in [1.807, 2.05) is 20.8 Å². The van der Waals surface area contributed by atoms with Crippen LogP contribution in [0.2, 0.25) is 0 Å². The standard InChI is InChI=1S/C14H21NO4/c1-14(2,3)19-13(18)7-5-4-6-10-15-11(16)8-9-12(15)17/h8-9H,4-7,10H2,1-3H3. The lowest BCUT2D eigenvalue weighted by Crippen LogP contribution is -2.30. The second-order valence-electron chi connectivity index (χ2n) is 5.56. The van der Waals surface area contributed by atoms with E-state index < -0.39 is 5.60 Å². The molecular weight excluding hydrogens is 246 g/mol. The van der Waals surface area contributed by atoms with Gasteiger partial charge in [0, 0.05) is 25.1 Å². The molecule has 5 nitrogen and oxygen atoms in total. The summed E-state index contributed by atoms with van der Waals surface area (Å²) in [6, 6.07) is 0. The molecule has 0 saturated heterocycles. The number of hydrogen-bond donors (Lipinski definition) is 0. The molecule has 0 radical (unpaired) electrons. The first-order valence-corrected chi connectivity index (χ1v) is 6.55. The molecule has 1 aliphatic rings. The molecule has 0 saturated carbocycles. The second kappa shape index (κ2) is 6.50. The molecule has 5 heteroatoms. The molecule has 1 rings (SSSR count). The number of ether oxygens (including phenoxy) is 1. The Kier molecular flexibility index (Phi) is 5.27. The maximum atomic E-state index is 11.4. The second-order valence-corrected chi connectivity index (χ2v) is 5.56. The van der Waals surface area contributed by atoms with Gasteiger partial charge in [-0.05, 0) is 33.6 Å². The van der Waals surface area contributed by atoms with Gasteiger partial charge in [-0.15, -0.1) is 0 Å². The third-order valence-electron chi connectivity index (χ3n) is 2.58. The van der Waals surface area contributed by atoms with Gasteiger partial charge in [0.15, 0.2) is 0 Å². The van der Waals surface area contributed by atoms with E-state index in [1.165, 1.54) is 17.1 Å². The van der Waals surface area contributed by atoms with Gasteiger partial charge < -0.3 is 4.74 Å². The lowest BCUT2D eigenvalue weighted by atomic mass is 10.1. The zero-order valence-corrected chi connectivity index (χ0v) is 11.8. The highest BCUT2D eigenvalue weighted by Crippen LogP contribution is 2.11. The Morgan fingerprint density at radius 1 is 1.11 bits per heavy atom. The molecule has 0 spiro atoms. The minimum absolute atomic E-state index is 0.206. The summed E-state index contributed by atoms with van der Waals surface area (Å²) in [5, 5.41) is 0. The molecular formula is C14H21NO4. The van der Waals surface area contributed by atoms with Gasteiger partial charge in [0.2, 0.25) is 0 Å². The Bertz CT molecular complexity index is 375. The molecule has 0 aliphatic carbocycles. The minimum Gasteiger partial charge on any atom is -0.460 e. The van der Waals surface area contributed by atoms with Gasteiger partial charge in [-0.25, -0.2) is 0 Å². The van der Waals surface area contributed by atoms with E-state index in [0.29, 0.717) is 25.8 Å². The molecule has 106 valence electrons. The highest BCUT2D eigenvalue weighted by atomic mass is 16.6. The molecule has 0 atom stereocenters. The maximum Gasteiger partial charge on any atom is 0.306 e. The van der Waals surface area contributed by atoms with Crippen molar-refractivity contribution in [2.24, 2.45) is 0 Å². The van der Waals surface area contributed by atoms with Gasteiger partial charge in [0.1, 0.15) is 5.60 Å². The van der Waals surface area contributed by atoms with Crippen LogP contribution in [0.15, 0.2) is 12.2 Å². The van der Waals surface area contributed by atoms with Crippen LogP contribution in [0.25, 0.3) is 0 Å². The first-order valence-electron chi connectivity index (χ1n) is 6.55. The van der Waals surface area contributed by atoms with Crippen molar-refractivity contribution in [2.45, 2.75) is 52.1 Å². The van der Waals surface area contributed by atoms with E-state index in [9.17, 15) is 14.4 Å². The van der Waals surface area contributed by atoms with Crippen LogP contribution in [-0.2, 0) is 19.1 Å². The van der Waals surface area contributed by atoms with Crippen LogP contribution in [0, 0.1) is 0 Å². The fourth-order valence-electron chi connectivity index (χ4n) is 1.76. The average Bonchev–Trinajstić information content (AvgIpc) is 2.57. The number of unbranched alkanes of at least 4 members (excludes halogenated alkanes) is 2. The summed E-state index contributed by atoms with van der Waals surface area (Å²) in [4.78, 5) is 35.2. The summed E-state index contributed by atoms with van der Waals surface area (Å²) < 4.78 is 5.18. The molecule has 0 bridgehead atoms. The van der Waals surface area contributed by atoms with Crippen molar-refractivity contribution in [3.8, 4) is 0 Å². The number of imide groups is 1. The molecule has 0 aromatic heterocycles. The molecule has 0 aromatic rings. The van der Waals surface area contributed by atoms with Crippen molar-refractivity contribution in [2.75, 3.05) is 6.54 Å². The van der Waals surface area contributed by atoms with E-state index in [1.54, 1.807) is 0 Å². The quantitative estimate of drug-likeness (QED) is 0.418. The van der Waals surface area contributed by atoms with Crippen molar-refractivity contribution < 1.29 is 19.1 Å². The van der Waals surface area contributed by atoms with Crippen molar-refractivity contribution in [1.29, 1.82) is 0 Å². The predicted octanol–water partition coefficient (Wildman–Crippen LogP) is 1.81. The molecule has 0 unspecified atom stereocenters. The van der Waals surface area contributed by atoms with E-state index in [0.717, 1.165) is 6.42 Å². The number of hydrogen-bond acceptors (Lipinski definition) is 4. The number of carbonyl (C=O) groups is 3. The molecule has 19 heavy (non-hydrogen) atoms. The zero-order chi connectivity index (χ0) is 14.5. The summed E-state index contributed by atoms with van der Waals surface area (Å²) in [5.74, 6) is -0.711. The molecule has 0 fully saturated rings. The largest absolute Gasteiger partial charge is 0.460 e. The van der Waals surface area contributed by atoms with Gasteiger partial charge in [0.05, 0.1) is 0 Å². The van der Waals surface area contributed by atoms with Gasteiger partial charge in [-0.3, -0.25) is 19.3 Å². The third kappa shape index (κ3) is 5.68. The van der Waals surface area contributed by atoms with Gasteiger partial charge >= 0.3 is 5.97 Å². The van der Waals surface area contributed by atoms with Gasteiger partial charge in [-0.2, -0.15) is 0 Å². The molecule has 0 N–H and O–H groups in total. The van der Waals surface area contributed by atoms with E-state index >= 15 is 0 Å². The number of rotatable bonds is 6.